The van der Waals surface area contributed by atoms with Crippen LogP contribution < -0.4 is 4.74 Å². The molecule has 0 unspecified atom stereocenters. The van der Waals surface area contributed by atoms with Gasteiger partial charge >= 0.3 is 11.5 Å². The van der Waals surface area contributed by atoms with E-state index in [-0.39, 0.29) is 18.5 Å². The summed E-state index contributed by atoms with van der Waals surface area (Å²) < 4.78 is 69.8. The van der Waals surface area contributed by atoms with Gasteiger partial charge in [-0.25, -0.2) is 13.2 Å². The molecule has 0 aliphatic heterocycles. The van der Waals surface area contributed by atoms with E-state index in [2.05, 4.69) is 60.7 Å². The van der Waals surface area contributed by atoms with E-state index in [1.807, 2.05) is 45.0 Å². The highest BCUT2D eigenvalue weighted by atomic mass is 32.2. The minimum atomic E-state index is -6.09. The number of hydrogen-bond acceptors (Lipinski definition) is 6. The van der Waals surface area contributed by atoms with E-state index in [0.717, 1.165) is 0 Å². The van der Waals surface area contributed by atoms with Gasteiger partial charge < -0.3 is 14.0 Å². The van der Waals surface area contributed by atoms with Crippen LogP contribution in [-0.2, 0) is 19.6 Å². The second-order valence-electron chi connectivity index (χ2n) is 8.60. The maximum atomic E-state index is 11.8. The van der Waals surface area contributed by atoms with Crippen LogP contribution in [0.3, 0.4) is 0 Å². The first-order chi connectivity index (χ1) is 16.7. The van der Waals surface area contributed by atoms with Gasteiger partial charge in [0.25, 0.3) is 0 Å². The highest BCUT2D eigenvalue weighted by molar-refractivity contribution is 7.86. The minimum absolute atomic E-state index is 0.0998. The highest BCUT2D eigenvalue weighted by Gasteiger charge is 2.36. The molecule has 3 rings (SSSR count). The molecule has 0 fully saturated rings. The summed E-state index contributed by atoms with van der Waals surface area (Å²) in [6.45, 7) is 5.42. The maximum absolute atomic E-state index is 11.8. The lowest BCUT2D eigenvalue weighted by atomic mass is 9.85. The zero-order chi connectivity index (χ0) is 27.0. The Labute approximate surface area is 208 Å². The summed E-state index contributed by atoms with van der Waals surface area (Å²) in [5.41, 5.74) is -2.52. The average Bonchev–Trinajstić information content (AvgIpc) is 2.78. The number of carbonyl (C=O) groups is 1. The van der Waals surface area contributed by atoms with Crippen molar-refractivity contribution in [3.05, 3.63) is 102 Å². The molecule has 0 aromatic heterocycles. The van der Waals surface area contributed by atoms with Gasteiger partial charge in [0.2, 0.25) is 0 Å². The molecule has 194 valence electrons. The Bertz CT molecular complexity index is 1170. The third-order valence-corrected chi connectivity index (χ3v) is 5.11. The summed E-state index contributed by atoms with van der Waals surface area (Å²) >= 11 is 0. The number of esters is 1. The van der Waals surface area contributed by atoms with Crippen LogP contribution in [0.1, 0.15) is 43.4 Å². The van der Waals surface area contributed by atoms with Gasteiger partial charge in [-0.15, -0.1) is 0 Å². The van der Waals surface area contributed by atoms with Crippen LogP contribution in [0.4, 0.5) is 13.2 Å². The zero-order valence-corrected chi connectivity index (χ0v) is 20.7. The average molecular weight is 524 g/mol. The Morgan fingerprint density at radius 3 is 1.56 bits per heavy atom. The summed E-state index contributed by atoms with van der Waals surface area (Å²) in [6.07, 6.45) is 0. The molecule has 0 saturated heterocycles. The Hall–Kier alpha value is -3.37. The zero-order valence-electron chi connectivity index (χ0n) is 19.9. The fourth-order valence-corrected chi connectivity index (χ4v) is 3.14. The molecule has 10 heteroatoms. The van der Waals surface area contributed by atoms with E-state index in [4.69, 9.17) is 22.4 Å². The van der Waals surface area contributed by atoms with Gasteiger partial charge in [-0.05, 0) is 49.6 Å². The number of hydrogen-bond donors (Lipinski definition) is 0. The molecule has 0 amide bonds. The lowest BCUT2D eigenvalue weighted by molar-refractivity contribution is -0.157. The summed E-state index contributed by atoms with van der Waals surface area (Å²) in [6, 6.07) is 28.8. The number of carbonyl (C=O) groups excluding carboxylic acids is 1. The Kier molecular flexibility index (Phi) is 9.66. The summed E-state index contributed by atoms with van der Waals surface area (Å²) in [5.74, 6) is 0.416. The second kappa shape index (κ2) is 12.0. The highest BCUT2D eigenvalue weighted by Crippen LogP contribution is 2.32. The predicted octanol–water partition coefficient (Wildman–Crippen LogP) is 5.64. The fourth-order valence-electron chi connectivity index (χ4n) is 3.14. The van der Waals surface area contributed by atoms with Crippen molar-refractivity contribution in [2.45, 2.75) is 37.8 Å². The lowest BCUT2D eigenvalue weighted by Gasteiger charge is -2.20. The molecule has 0 aliphatic rings. The number of halogens is 3. The molecule has 0 atom stereocenters. The van der Waals surface area contributed by atoms with E-state index in [9.17, 15) is 18.0 Å². The van der Waals surface area contributed by atoms with Gasteiger partial charge in [-0.2, -0.15) is 13.2 Å². The fraction of sp³-hybridized carbons (Fsp3) is 0.269. The van der Waals surface area contributed by atoms with Gasteiger partial charge in [0, 0.05) is 5.92 Å². The van der Waals surface area contributed by atoms with Crippen LogP contribution in [0, 0.1) is 0 Å². The van der Waals surface area contributed by atoms with Crippen molar-refractivity contribution in [3.63, 3.8) is 0 Å². The van der Waals surface area contributed by atoms with Gasteiger partial charge in [-0.1, -0.05) is 72.8 Å². The molecule has 0 radical (unpaired) electrons. The molecule has 0 aliphatic carbocycles. The van der Waals surface area contributed by atoms with Crippen LogP contribution in [0.15, 0.2) is 84.9 Å². The van der Waals surface area contributed by atoms with Crippen LogP contribution >= 0.6 is 0 Å². The van der Waals surface area contributed by atoms with Crippen molar-refractivity contribution in [3.8, 4) is 5.75 Å². The number of rotatable bonds is 6. The first kappa shape index (κ1) is 28.9. The normalized spacial score (nSPS) is 11.9. The Morgan fingerprint density at radius 1 is 0.806 bits per heavy atom. The number of ether oxygens (including phenoxy) is 2. The van der Waals surface area contributed by atoms with E-state index in [1.54, 1.807) is 0 Å². The third-order valence-electron chi connectivity index (χ3n) is 4.54. The molecule has 0 bridgehead atoms. The summed E-state index contributed by atoms with van der Waals surface area (Å²) in [7, 11) is -6.09. The van der Waals surface area contributed by atoms with E-state index in [1.165, 1.54) is 16.7 Å². The van der Waals surface area contributed by atoms with Crippen molar-refractivity contribution in [2.75, 3.05) is 6.61 Å². The second-order valence-corrected chi connectivity index (χ2v) is 9.97. The molecule has 0 spiro atoms. The van der Waals surface area contributed by atoms with Gasteiger partial charge in [-0.3, -0.25) is 0 Å². The van der Waals surface area contributed by atoms with E-state index < -0.39 is 21.2 Å². The predicted molar refractivity (Wildman–Crippen MR) is 127 cm³/mol. The topological polar surface area (TPSA) is 92.7 Å². The van der Waals surface area contributed by atoms with Crippen LogP contribution in [0.5, 0.6) is 5.75 Å². The van der Waals surface area contributed by atoms with E-state index >= 15 is 0 Å². The maximum Gasteiger partial charge on any atom is 0.485 e. The van der Waals surface area contributed by atoms with Crippen LogP contribution in [-0.4, -0.2) is 36.7 Å². The lowest BCUT2D eigenvalue weighted by Crippen LogP contribution is -2.27. The molecular formula is C26H26F3O6S-. The van der Waals surface area contributed by atoms with Gasteiger partial charge in [0.15, 0.2) is 16.7 Å². The molecule has 0 saturated carbocycles. The van der Waals surface area contributed by atoms with Gasteiger partial charge in [0.1, 0.15) is 11.4 Å². The third kappa shape index (κ3) is 9.35. The van der Waals surface area contributed by atoms with Crippen molar-refractivity contribution in [2.24, 2.45) is 0 Å². The molecule has 3 aromatic rings. The molecule has 0 heterocycles. The standard InChI is InChI=1S/C25H26O3.CHF3O3S/c1-25(2,3)28-23(26)18-27-22-16-14-21(15-17-22)24(19-10-6-4-7-11-19)20-12-8-5-9-13-20;2-1(3,4)8(5,6)7/h4-17,24H,18H2,1-3H3;(H,5,6,7)/p-1. The summed E-state index contributed by atoms with van der Waals surface area (Å²) in [5, 5.41) is 0. The largest absolute Gasteiger partial charge is 0.741 e. The molecule has 6 nitrogen and oxygen atoms in total. The smallest absolute Gasteiger partial charge is 0.485 e. The van der Waals surface area contributed by atoms with Gasteiger partial charge in [0.05, 0.1) is 0 Å². The molecule has 36 heavy (non-hydrogen) atoms. The quantitative estimate of drug-likeness (QED) is 0.180. The van der Waals surface area contributed by atoms with Crippen molar-refractivity contribution >= 4 is 16.1 Å². The Balaban J connectivity index is 0.000000493. The first-order valence-corrected chi connectivity index (χ1v) is 12.1. The van der Waals surface area contributed by atoms with Crippen molar-refractivity contribution in [1.82, 2.24) is 0 Å². The summed E-state index contributed by atoms with van der Waals surface area (Å²) in [4.78, 5) is 11.8. The molecular weight excluding hydrogens is 497 g/mol. The molecule has 0 N–H and O–H groups in total. The Morgan fingerprint density at radius 2 is 1.19 bits per heavy atom. The molecule has 3 aromatic carbocycles. The number of benzene rings is 3. The SMILES string of the molecule is CC(C)(C)OC(=O)COc1ccc(C(c2ccccc2)c2ccccc2)cc1.O=S(=O)([O-])C(F)(F)F. The first-order valence-electron chi connectivity index (χ1n) is 10.7. The van der Waals surface area contributed by atoms with Crippen molar-refractivity contribution in [1.29, 1.82) is 0 Å². The number of alkyl halides is 3. The van der Waals surface area contributed by atoms with Crippen LogP contribution in [0.25, 0.3) is 0 Å². The monoisotopic (exact) mass is 523 g/mol. The minimum Gasteiger partial charge on any atom is -0.741 e. The van der Waals surface area contributed by atoms with E-state index in [0.29, 0.717) is 5.75 Å². The van der Waals surface area contributed by atoms with Crippen LogP contribution in [0.2, 0.25) is 0 Å². The van der Waals surface area contributed by atoms with Crippen molar-refractivity contribution < 1.29 is 40.4 Å².